The second-order valence-electron chi connectivity index (χ2n) is 2.64. The number of aliphatic carboxylic acids is 1. The number of hydrogen-bond acceptors (Lipinski definition) is 2. The molecule has 0 spiro atoms. The van der Waals surface area contributed by atoms with Gasteiger partial charge in [-0.25, -0.2) is 0 Å². The molecule has 0 aromatic rings. The third kappa shape index (κ3) is 9.13. The van der Waals surface area contributed by atoms with Crippen LogP contribution in [-0.4, -0.2) is 30.0 Å². The Labute approximate surface area is 73.5 Å². The summed E-state index contributed by atoms with van der Waals surface area (Å²) in [4.78, 5) is 10.1. The number of halogens is 3. The third-order valence-electron chi connectivity index (χ3n) is 1.25. The summed E-state index contributed by atoms with van der Waals surface area (Å²) in [5, 5.41) is 8.24. The molecular formula is C7H11F3O3. The Morgan fingerprint density at radius 3 is 2.46 bits per heavy atom. The molecular weight excluding hydrogens is 189 g/mol. The summed E-state index contributed by atoms with van der Waals surface area (Å²) in [6.07, 6.45) is -6.25. The van der Waals surface area contributed by atoms with Crippen molar-refractivity contribution in [3.8, 4) is 0 Å². The topological polar surface area (TPSA) is 46.5 Å². The van der Waals surface area contributed by atoms with Gasteiger partial charge in [-0.05, 0) is 6.92 Å². The zero-order valence-electron chi connectivity index (χ0n) is 7.10. The van der Waals surface area contributed by atoms with Gasteiger partial charge in [0.25, 0.3) is 0 Å². The largest absolute Gasteiger partial charge is 0.481 e. The molecule has 13 heavy (non-hydrogen) atoms. The van der Waals surface area contributed by atoms with Gasteiger partial charge in [0, 0.05) is 0 Å². The van der Waals surface area contributed by atoms with Crippen LogP contribution >= 0.6 is 0 Å². The summed E-state index contributed by atoms with van der Waals surface area (Å²) in [6.45, 7) is 0.933. The van der Waals surface area contributed by atoms with Gasteiger partial charge in [0.2, 0.25) is 0 Å². The highest BCUT2D eigenvalue weighted by molar-refractivity contribution is 5.67. The van der Waals surface area contributed by atoms with Crippen LogP contribution in [-0.2, 0) is 9.53 Å². The molecule has 1 N–H and O–H groups in total. The molecule has 1 atom stereocenters. The Kier molecular flexibility index (Phi) is 4.76. The quantitative estimate of drug-likeness (QED) is 0.736. The lowest BCUT2D eigenvalue weighted by molar-refractivity contribution is -0.151. The van der Waals surface area contributed by atoms with E-state index in [2.05, 4.69) is 4.74 Å². The van der Waals surface area contributed by atoms with Gasteiger partial charge in [0.05, 0.1) is 25.6 Å². The van der Waals surface area contributed by atoms with E-state index >= 15 is 0 Å². The molecule has 0 aliphatic rings. The zero-order valence-corrected chi connectivity index (χ0v) is 7.10. The first kappa shape index (κ1) is 12.2. The smallest absolute Gasteiger partial charge is 0.391 e. The van der Waals surface area contributed by atoms with Crippen LogP contribution in [0.3, 0.4) is 0 Å². The van der Waals surface area contributed by atoms with Gasteiger partial charge in [-0.1, -0.05) is 0 Å². The molecule has 0 amide bonds. The normalized spacial score (nSPS) is 14.2. The lowest BCUT2D eigenvalue weighted by Crippen LogP contribution is -2.18. The van der Waals surface area contributed by atoms with E-state index in [9.17, 15) is 18.0 Å². The van der Waals surface area contributed by atoms with Crippen molar-refractivity contribution in [3.63, 3.8) is 0 Å². The molecule has 0 unspecified atom stereocenters. The second kappa shape index (κ2) is 5.06. The molecule has 0 aliphatic heterocycles. The van der Waals surface area contributed by atoms with Crippen LogP contribution in [0.1, 0.15) is 19.8 Å². The summed E-state index contributed by atoms with van der Waals surface area (Å²) >= 11 is 0. The number of carboxylic acids is 1. The Hall–Kier alpha value is -0.780. The highest BCUT2D eigenvalue weighted by atomic mass is 19.4. The molecule has 0 aromatic carbocycles. The number of hydrogen-bond donors (Lipinski definition) is 1. The van der Waals surface area contributed by atoms with Gasteiger partial charge in [0.15, 0.2) is 0 Å². The van der Waals surface area contributed by atoms with Gasteiger partial charge in [-0.15, -0.1) is 0 Å². The van der Waals surface area contributed by atoms with Crippen molar-refractivity contribution in [3.05, 3.63) is 0 Å². The predicted octanol–water partition coefficient (Wildman–Crippen LogP) is 1.82. The van der Waals surface area contributed by atoms with Crippen LogP contribution in [0.2, 0.25) is 0 Å². The van der Waals surface area contributed by atoms with Gasteiger partial charge in [0.1, 0.15) is 0 Å². The lowest BCUT2D eigenvalue weighted by atomic mass is 10.3. The monoisotopic (exact) mass is 200 g/mol. The molecule has 0 heterocycles. The molecule has 0 fully saturated rings. The Morgan fingerprint density at radius 2 is 2.08 bits per heavy atom. The molecule has 0 aliphatic carbocycles. The first-order chi connectivity index (χ1) is 5.81. The first-order valence-electron chi connectivity index (χ1n) is 3.71. The SMILES string of the molecule is C[C@H](CC(=O)O)OCCC(F)(F)F. The maximum atomic E-state index is 11.6. The van der Waals surface area contributed by atoms with Crippen molar-refractivity contribution in [2.75, 3.05) is 6.61 Å². The van der Waals surface area contributed by atoms with Crippen molar-refractivity contribution in [2.45, 2.75) is 32.0 Å². The molecule has 6 heteroatoms. The van der Waals surface area contributed by atoms with E-state index in [1.54, 1.807) is 0 Å². The Balaban J connectivity index is 3.48. The van der Waals surface area contributed by atoms with Crippen molar-refractivity contribution >= 4 is 5.97 Å². The minimum atomic E-state index is -4.25. The molecule has 0 saturated heterocycles. The summed E-state index contributed by atoms with van der Waals surface area (Å²) < 4.78 is 39.3. The molecule has 0 aromatic heterocycles. The van der Waals surface area contributed by atoms with E-state index in [4.69, 9.17) is 5.11 Å². The molecule has 3 nitrogen and oxygen atoms in total. The highest BCUT2D eigenvalue weighted by Gasteiger charge is 2.26. The summed E-state index contributed by atoms with van der Waals surface area (Å²) in [7, 11) is 0. The fourth-order valence-corrected chi connectivity index (χ4v) is 0.681. The molecule has 0 radical (unpaired) electrons. The summed E-state index contributed by atoms with van der Waals surface area (Å²) in [5.74, 6) is -1.08. The minimum absolute atomic E-state index is 0.280. The molecule has 0 rings (SSSR count). The van der Waals surface area contributed by atoms with E-state index in [-0.39, 0.29) is 6.42 Å². The van der Waals surface area contributed by atoms with Crippen LogP contribution in [0.15, 0.2) is 0 Å². The van der Waals surface area contributed by atoms with E-state index in [1.165, 1.54) is 6.92 Å². The lowest BCUT2D eigenvalue weighted by Gasteiger charge is -2.11. The number of carboxylic acid groups (broad SMARTS) is 1. The van der Waals surface area contributed by atoms with E-state index in [0.717, 1.165) is 0 Å². The van der Waals surface area contributed by atoms with Crippen LogP contribution in [0.25, 0.3) is 0 Å². The standard InChI is InChI=1S/C7H11F3O3/c1-5(4-6(11)12)13-3-2-7(8,9)10/h5H,2-4H2,1H3,(H,11,12)/t5-/m1/s1. The van der Waals surface area contributed by atoms with Gasteiger partial charge >= 0.3 is 12.1 Å². The van der Waals surface area contributed by atoms with E-state index < -0.39 is 31.3 Å². The van der Waals surface area contributed by atoms with Crippen molar-refractivity contribution in [1.82, 2.24) is 0 Å². The van der Waals surface area contributed by atoms with Crippen LogP contribution < -0.4 is 0 Å². The van der Waals surface area contributed by atoms with Crippen LogP contribution in [0.4, 0.5) is 13.2 Å². The summed E-state index contributed by atoms with van der Waals surface area (Å²) in [5.41, 5.74) is 0. The van der Waals surface area contributed by atoms with Gasteiger partial charge in [-0.3, -0.25) is 4.79 Å². The van der Waals surface area contributed by atoms with Crippen molar-refractivity contribution < 1.29 is 27.8 Å². The maximum Gasteiger partial charge on any atom is 0.391 e. The molecule has 0 saturated carbocycles. The Morgan fingerprint density at radius 1 is 1.54 bits per heavy atom. The Bertz CT molecular complexity index is 167. The molecule has 78 valence electrons. The zero-order chi connectivity index (χ0) is 10.5. The molecule has 0 bridgehead atoms. The average Bonchev–Trinajstić information content (AvgIpc) is 1.81. The number of rotatable bonds is 5. The highest BCUT2D eigenvalue weighted by Crippen LogP contribution is 2.19. The van der Waals surface area contributed by atoms with Crippen LogP contribution in [0.5, 0.6) is 0 Å². The van der Waals surface area contributed by atoms with Crippen molar-refractivity contribution in [1.29, 1.82) is 0 Å². The van der Waals surface area contributed by atoms with Crippen LogP contribution in [0, 0.1) is 0 Å². The average molecular weight is 200 g/mol. The maximum absolute atomic E-state index is 11.6. The fraction of sp³-hybridized carbons (Fsp3) is 0.857. The number of alkyl halides is 3. The first-order valence-corrected chi connectivity index (χ1v) is 3.71. The number of carbonyl (C=O) groups is 1. The second-order valence-corrected chi connectivity index (χ2v) is 2.64. The van der Waals surface area contributed by atoms with E-state index in [1.807, 2.05) is 0 Å². The minimum Gasteiger partial charge on any atom is -0.481 e. The van der Waals surface area contributed by atoms with Gasteiger partial charge < -0.3 is 9.84 Å². The van der Waals surface area contributed by atoms with Gasteiger partial charge in [-0.2, -0.15) is 13.2 Å². The fourth-order valence-electron chi connectivity index (χ4n) is 0.681. The van der Waals surface area contributed by atoms with Crippen molar-refractivity contribution in [2.24, 2.45) is 0 Å². The van der Waals surface area contributed by atoms with E-state index in [0.29, 0.717) is 0 Å². The number of ether oxygens (including phenoxy) is 1. The predicted molar refractivity (Wildman–Crippen MR) is 38.3 cm³/mol. The summed E-state index contributed by atoms with van der Waals surface area (Å²) in [6, 6.07) is 0. The third-order valence-corrected chi connectivity index (χ3v) is 1.25.